The average molecular weight is 400 g/mol. The molecular formula is C21H24N2O6. The number of ether oxygens (including phenoxy) is 1. The molecule has 0 bridgehead atoms. The lowest BCUT2D eigenvalue weighted by Gasteiger charge is -2.19. The number of aromatic amines is 1. The molecule has 0 aliphatic rings. The van der Waals surface area contributed by atoms with Crippen molar-refractivity contribution in [3.05, 3.63) is 63.9 Å². The molecule has 3 rings (SSSR count). The molecule has 29 heavy (non-hydrogen) atoms. The van der Waals surface area contributed by atoms with E-state index in [4.69, 9.17) is 20.7 Å². The molecule has 8 heteroatoms. The number of pyridine rings is 1. The highest BCUT2D eigenvalue weighted by Gasteiger charge is 2.28. The number of aromatic nitrogens is 1. The van der Waals surface area contributed by atoms with Gasteiger partial charge in [0.05, 0.1) is 12.6 Å². The second-order valence-corrected chi connectivity index (χ2v) is 6.92. The summed E-state index contributed by atoms with van der Waals surface area (Å²) in [5.41, 5.74) is 6.33. The van der Waals surface area contributed by atoms with Crippen LogP contribution in [0.5, 0.6) is 17.2 Å². The number of aromatic hydroxyl groups is 2. The molecule has 1 unspecified atom stereocenters. The van der Waals surface area contributed by atoms with Crippen molar-refractivity contribution < 1.29 is 24.9 Å². The number of carboxylic acids is 1. The van der Waals surface area contributed by atoms with Crippen LogP contribution in [0.15, 0.2) is 47.3 Å². The fourth-order valence-corrected chi connectivity index (χ4v) is 2.77. The van der Waals surface area contributed by atoms with Crippen molar-refractivity contribution in [2.24, 2.45) is 5.73 Å². The number of hydrogen-bond acceptors (Lipinski definition) is 6. The Bertz CT molecular complexity index is 1090. The van der Waals surface area contributed by atoms with Crippen LogP contribution in [0.25, 0.3) is 10.9 Å². The van der Waals surface area contributed by atoms with Crippen LogP contribution in [0.3, 0.4) is 0 Å². The van der Waals surface area contributed by atoms with Crippen molar-refractivity contribution in [2.45, 2.75) is 25.8 Å². The zero-order valence-electron chi connectivity index (χ0n) is 16.4. The quantitative estimate of drug-likeness (QED) is 0.422. The Morgan fingerprint density at radius 2 is 1.86 bits per heavy atom. The number of fused-ring (bicyclic) bond motifs is 1. The largest absolute Gasteiger partial charge is 0.504 e. The van der Waals surface area contributed by atoms with E-state index in [0.29, 0.717) is 11.3 Å². The summed E-state index contributed by atoms with van der Waals surface area (Å²) in [6.07, 6.45) is 0.0795. The van der Waals surface area contributed by atoms with Crippen molar-refractivity contribution in [1.82, 2.24) is 4.98 Å². The summed E-state index contributed by atoms with van der Waals surface area (Å²) in [6, 6.07) is 11.4. The van der Waals surface area contributed by atoms with Gasteiger partial charge in [0.15, 0.2) is 11.5 Å². The molecule has 154 valence electrons. The number of nitrogens with two attached hydrogens (primary N) is 1. The first-order valence-electron chi connectivity index (χ1n) is 8.75. The highest BCUT2D eigenvalue weighted by Crippen LogP contribution is 2.26. The van der Waals surface area contributed by atoms with E-state index >= 15 is 0 Å². The van der Waals surface area contributed by atoms with Gasteiger partial charge in [0.25, 0.3) is 0 Å². The van der Waals surface area contributed by atoms with Gasteiger partial charge < -0.3 is 30.8 Å². The van der Waals surface area contributed by atoms with Gasteiger partial charge in [-0.1, -0.05) is 18.2 Å². The normalized spacial score (nSPS) is 12.6. The van der Waals surface area contributed by atoms with Crippen molar-refractivity contribution in [3.8, 4) is 17.2 Å². The maximum Gasteiger partial charge on any atom is 0.323 e. The number of H-pyrrole nitrogens is 1. The first-order valence-corrected chi connectivity index (χ1v) is 8.75. The second kappa shape index (κ2) is 8.66. The molecule has 0 radical (unpaired) electrons. The second-order valence-electron chi connectivity index (χ2n) is 6.92. The first kappa shape index (κ1) is 21.8. The molecule has 1 heterocycles. The minimum Gasteiger partial charge on any atom is -0.504 e. The van der Waals surface area contributed by atoms with Crippen LogP contribution in [-0.2, 0) is 11.2 Å². The maximum atomic E-state index is 11.3. The van der Waals surface area contributed by atoms with Gasteiger partial charge in [0.1, 0.15) is 11.3 Å². The molecule has 0 saturated heterocycles. The highest BCUT2D eigenvalue weighted by molar-refractivity contribution is 5.86. The zero-order chi connectivity index (χ0) is 21.8. The molecule has 3 aromatic rings. The smallest absolute Gasteiger partial charge is 0.323 e. The van der Waals surface area contributed by atoms with Gasteiger partial charge in [0.2, 0.25) is 5.56 Å². The SMILES string of the molecule is CC(N)(Cc1ccc(O)c(O)c1)C(=O)O.COc1cccc2c(C)cc(=O)[nH]c12. The lowest BCUT2D eigenvalue weighted by atomic mass is 9.94. The summed E-state index contributed by atoms with van der Waals surface area (Å²) in [5, 5.41) is 28.1. The van der Waals surface area contributed by atoms with E-state index in [0.717, 1.165) is 16.5 Å². The van der Waals surface area contributed by atoms with E-state index in [2.05, 4.69) is 4.98 Å². The third-order valence-electron chi connectivity index (χ3n) is 4.37. The van der Waals surface area contributed by atoms with Gasteiger partial charge in [0, 0.05) is 17.9 Å². The Morgan fingerprint density at radius 1 is 1.17 bits per heavy atom. The number of carbonyl (C=O) groups is 1. The Kier molecular flexibility index (Phi) is 6.50. The van der Waals surface area contributed by atoms with Gasteiger partial charge in [-0.05, 0) is 43.2 Å². The van der Waals surface area contributed by atoms with E-state index < -0.39 is 11.5 Å². The van der Waals surface area contributed by atoms with Gasteiger partial charge in [-0.2, -0.15) is 0 Å². The van der Waals surface area contributed by atoms with E-state index in [1.807, 2.05) is 25.1 Å². The number of phenols is 2. The van der Waals surface area contributed by atoms with Crippen LogP contribution < -0.4 is 16.0 Å². The Morgan fingerprint density at radius 3 is 2.45 bits per heavy atom. The Labute approximate surface area is 167 Å². The lowest BCUT2D eigenvalue weighted by Crippen LogP contribution is -2.46. The van der Waals surface area contributed by atoms with Crippen LogP contribution in [0.1, 0.15) is 18.1 Å². The average Bonchev–Trinajstić information content (AvgIpc) is 2.64. The predicted octanol–water partition coefficient (Wildman–Crippen LogP) is 2.29. The Balaban J connectivity index is 0.000000207. The molecule has 8 nitrogen and oxygen atoms in total. The van der Waals surface area contributed by atoms with Crippen molar-refractivity contribution in [1.29, 1.82) is 0 Å². The van der Waals surface area contributed by atoms with Gasteiger partial charge in [-0.15, -0.1) is 0 Å². The highest BCUT2D eigenvalue weighted by atomic mass is 16.5. The van der Waals surface area contributed by atoms with Crippen LogP contribution in [-0.4, -0.2) is 38.9 Å². The van der Waals surface area contributed by atoms with Crippen LogP contribution in [0.4, 0.5) is 0 Å². The summed E-state index contributed by atoms with van der Waals surface area (Å²) in [7, 11) is 1.59. The number of rotatable bonds is 4. The first-order chi connectivity index (χ1) is 13.5. The third kappa shape index (κ3) is 5.26. The van der Waals surface area contributed by atoms with Crippen LogP contribution >= 0.6 is 0 Å². The number of benzene rings is 2. The molecule has 6 N–H and O–H groups in total. The molecule has 0 spiro atoms. The molecule has 1 aromatic heterocycles. The summed E-state index contributed by atoms with van der Waals surface area (Å²) in [5.74, 6) is -0.945. The van der Waals surface area contributed by atoms with Gasteiger partial charge >= 0.3 is 5.97 Å². The van der Waals surface area contributed by atoms with Gasteiger partial charge in [-0.25, -0.2) is 0 Å². The number of methoxy groups -OCH3 is 1. The van der Waals surface area contributed by atoms with Crippen molar-refractivity contribution >= 4 is 16.9 Å². The summed E-state index contributed by atoms with van der Waals surface area (Å²) >= 11 is 0. The molecule has 0 amide bonds. The minimum absolute atomic E-state index is 0.0795. The van der Waals surface area contributed by atoms with E-state index in [1.54, 1.807) is 13.2 Å². The number of para-hydroxylation sites is 1. The minimum atomic E-state index is -1.39. The maximum absolute atomic E-state index is 11.3. The van der Waals surface area contributed by atoms with Crippen molar-refractivity contribution in [2.75, 3.05) is 7.11 Å². The zero-order valence-corrected chi connectivity index (χ0v) is 16.4. The third-order valence-corrected chi connectivity index (χ3v) is 4.37. The number of phenolic OH excluding ortho intramolecular Hbond substituents is 2. The van der Waals surface area contributed by atoms with Crippen LogP contribution in [0.2, 0.25) is 0 Å². The molecule has 2 aromatic carbocycles. The number of aliphatic carboxylic acids is 1. The van der Waals surface area contributed by atoms with E-state index in [9.17, 15) is 14.7 Å². The monoisotopic (exact) mass is 400 g/mol. The molecule has 0 aliphatic carbocycles. The summed E-state index contributed by atoms with van der Waals surface area (Å²) in [6.45, 7) is 3.30. The molecule has 0 aliphatic heterocycles. The Hall–Kier alpha value is -3.52. The summed E-state index contributed by atoms with van der Waals surface area (Å²) < 4.78 is 5.17. The van der Waals surface area contributed by atoms with E-state index in [1.165, 1.54) is 25.1 Å². The predicted molar refractivity (Wildman–Crippen MR) is 110 cm³/mol. The van der Waals surface area contributed by atoms with E-state index in [-0.39, 0.29) is 23.5 Å². The lowest BCUT2D eigenvalue weighted by molar-refractivity contribution is -0.142. The number of hydrogen-bond donors (Lipinski definition) is 5. The van der Waals surface area contributed by atoms with Crippen LogP contribution in [0, 0.1) is 6.92 Å². The molecule has 0 saturated carbocycles. The topological polar surface area (TPSA) is 146 Å². The van der Waals surface area contributed by atoms with Crippen molar-refractivity contribution in [3.63, 3.8) is 0 Å². The molecular weight excluding hydrogens is 376 g/mol. The van der Waals surface area contributed by atoms with Gasteiger partial charge in [-0.3, -0.25) is 9.59 Å². The number of carboxylic acid groups (broad SMARTS) is 1. The standard InChI is InChI=1S/C11H11NO2.C10H13NO4/c1-7-6-10(13)12-11-8(7)4-3-5-9(11)14-2;1-10(11,9(14)15)5-6-2-3-7(12)8(13)4-6/h3-6H,1-2H3,(H,12,13);2-4,12-13H,5,11H2,1H3,(H,14,15). The fraction of sp³-hybridized carbons (Fsp3) is 0.238. The molecule has 1 atom stereocenters. The fourth-order valence-electron chi connectivity index (χ4n) is 2.77. The number of nitrogens with one attached hydrogen (secondary N) is 1. The summed E-state index contributed by atoms with van der Waals surface area (Å²) in [4.78, 5) is 24.8. The number of aryl methyl sites for hydroxylation is 1. The molecule has 0 fully saturated rings.